The molecule has 27 heteroatoms. The van der Waals surface area contributed by atoms with E-state index in [4.69, 9.17) is 25.2 Å². The maximum Gasteiger partial charge on any atom is 0.357 e. The molecule has 1 amide bonds. The van der Waals surface area contributed by atoms with Crippen molar-refractivity contribution in [3.63, 3.8) is 0 Å². The molecule has 6 N–H and O–H groups in total. The summed E-state index contributed by atoms with van der Waals surface area (Å²) < 4.78 is 114. The highest BCUT2D eigenvalue weighted by molar-refractivity contribution is 9.10. The monoisotopic (exact) mass is 1270 g/mol. The van der Waals surface area contributed by atoms with Crippen LogP contribution >= 0.6 is 38.6 Å². The predicted molar refractivity (Wildman–Crippen MR) is 301 cm³/mol. The molecule has 2 fully saturated rings. The van der Waals surface area contributed by atoms with Crippen LogP contribution in [-0.2, 0) is 50.5 Å². The van der Waals surface area contributed by atoms with Crippen LogP contribution in [0.15, 0.2) is 97.8 Å². The van der Waals surface area contributed by atoms with E-state index in [0.717, 1.165) is 72.5 Å². The van der Waals surface area contributed by atoms with Gasteiger partial charge in [0, 0.05) is 51.4 Å². The zero-order valence-corrected chi connectivity index (χ0v) is 49.0. The Balaban J connectivity index is 0.000000198. The number of sulfonamides is 2. The van der Waals surface area contributed by atoms with E-state index < -0.39 is 76.5 Å². The van der Waals surface area contributed by atoms with Gasteiger partial charge in [-0.25, -0.2) is 73.6 Å². The number of carbonyl (C=O) groups is 3. The van der Waals surface area contributed by atoms with Gasteiger partial charge in [-0.3, -0.25) is 4.79 Å². The fourth-order valence-corrected chi connectivity index (χ4v) is 12.0. The van der Waals surface area contributed by atoms with Gasteiger partial charge in [-0.1, -0.05) is 12.1 Å². The Morgan fingerprint density at radius 2 is 1.16 bits per heavy atom. The van der Waals surface area contributed by atoms with Crippen LogP contribution in [0.1, 0.15) is 118 Å². The van der Waals surface area contributed by atoms with Crippen molar-refractivity contribution in [2.75, 3.05) is 6.61 Å². The number of carboxylic acid groups (broad SMARTS) is 1. The van der Waals surface area contributed by atoms with Crippen LogP contribution in [-0.4, -0.2) is 81.5 Å². The van der Waals surface area contributed by atoms with Gasteiger partial charge in [0.1, 0.15) is 33.1 Å². The molecule has 0 atom stereocenters. The van der Waals surface area contributed by atoms with Gasteiger partial charge in [-0.05, 0) is 166 Å². The van der Waals surface area contributed by atoms with Crippen molar-refractivity contribution in [2.24, 2.45) is 22.1 Å². The summed E-state index contributed by atoms with van der Waals surface area (Å²) in [6.45, 7) is 7.25. The molecule has 18 nitrogen and oxygen atoms in total. The fraction of sp³-hybridized carbons (Fsp3) is 0.291. The summed E-state index contributed by atoms with van der Waals surface area (Å²) in [5.41, 5.74) is 4.96. The average molecular weight is 1270 g/mol. The number of rotatable bonds is 18. The number of aromatic nitrogens is 6. The van der Waals surface area contributed by atoms with Gasteiger partial charge in [-0.2, -0.15) is 10.2 Å². The number of ether oxygens (including phenoxy) is 1. The molecule has 2 saturated carbocycles. The molecular formula is C55H52BrF4N9O9S4. The van der Waals surface area contributed by atoms with Gasteiger partial charge in [0.05, 0.1) is 39.4 Å². The second kappa shape index (κ2) is 23.7. The van der Waals surface area contributed by atoms with E-state index in [0.29, 0.717) is 79.8 Å². The molecular weight excluding hydrogens is 1210 g/mol. The third kappa shape index (κ3) is 13.9. The molecule has 0 radical (unpaired) electrons. The van der Waals surface area contributed by atoms with E-state index in [9.17, 15) is 53.9 Å². The summed E-state index contributed by atoms with van der Waals surface area (Å²) in [5, 5.41) is 35.9. The van der Waals surface area contributed by atoms with Gasteiger partial charge in [0.25, 0.3) is 5.91 Å². The van der Waals surface area contributed by atoms with Crippen molar-refractivity contribution in [1.29, 1.82) is 0 Å². The van der Waals surface area contributed by atoms with Gasteiger partial charge in [-0.15, -0.1) is 22.7 Å². The maximum absolute atomic E-state index is 14.9. The smallest absolute Gasteiger partial charge is 0.357 e. The number of benzene rings is 4. The summed E-state index contributed by atoms with van der Waals surface area (Å²) >= 11 is 5.55. The molecule has 0 spiro atoms. The van der Waals surface area contributed by atoms with Crippen LogP contribution in [0.4, 0.5) is 17.6 Å². The van der Waals surface area contributed by atoms with Crippen molar-refractivity contribution in [2.45, 2.75) is 94.4 Å². The summed E-state index contributed by atoms with van der Waals surface area (Å²) in [4.78, 5) is 44.3. The minimum Gasteiger partial charge on any atom is -0.476 e. The molecule has 0 unspecified atom stereocenters. The summed E-state index contributed by atoms with van der Waals surface area (Å²) in [7, 11) is -8.49. The van der Waals surface area contributed by atoms with E-state index in [1.165, 1.54) is 53.1 Å². The maximum atomic E-state index is 14.9. The van der Waals surface area contributed by atoms with Crippen LogP contribution < -0.4 is 15.6 Å². The second-order valence-electron chi connectivity index (χ2n) is 20.7. The van der Waals surface area contributed by atoms with Crippen LogP contribution in [0.25, 0.3) is 32.8 Å². The lowest BCUT2D eigenvalue weighted by atomic mass is 9.96. The molecule has 2 aliphatic carbocycles. The van der Waals surface area contributed by atoms with Crippen molar-refractivity contribution < 1.29 is 58.6 Å². The molecule has 82 heavy (non-hydrogen) atoms. The Labute approximate surface area is 484 Å². The number of hydrogen-bond donors (Lipinski definition) is 4. The first-order valence-corrected chi connectivity index (χ1v) is 31.0. The molecule has 8 aromatic rings. The minimum absolute atomic E-state index is 0.0945. The lowest BCUT2D eigenvalue weighted by Crippen LogP contribution is -2.40. The number of esters is 1. The van der Waals surface area contributed by atoms with Gasteiger partial charge < -0.3 is 15.2 Å². The van der Waals surface area contributed by atoms with Gasteiger partial charge >= 0.3 is 11.9 Å². The standard InChI is InChI=1S/C29H29F2N5O5S2.C26H23BrF2N4O4S2/c1-29(2,3)34-26(37)18-13-17(7-8-20(18)30)25-19(10-16-6-9-24(21(31)11-16)43(32,40)41)23(12-15-4-5-15)36(35-25)28-33-22(14-42-28)27(38)39;1-2-37-25(34)21-13-38-26(31-21)33-22(11-14-3-4-14)17(24(32-33)16-6-7-19(28)18(27)12-16)9-15-5-8-23(20(29)10-15)39(30,35)36/h6-9,11,13-15H,4-5,10,12H2,1-3H3,(H,34,37)(H,38,39)(H2,32,40,41);5-8,10,12-14H,2-4,9,11H2,1H3,(H2,30,35,36). The predicted octanol–water partition coefficient (Wildman–Crippen LogP) is 10.1. The van der Waals surface area contributed by atoms with E-state index in [1.54, 1.807) is 54.6 Å². The first kappa shape index (κ1) is 59.6. The molecule has 4 aromatic carbocycles. The number of primary sulfonamides is 2. The number of carbonyl (C=O) groups excluding carboxylic acids is 2. The third-order valence-electron chi connectivity index (χ3n) is 13.1. The Hall–Kier alpha value is -7.01. The topological polar surface area (TPSA) is 274 Å². The Kier molecular flexibility index (Phi) is 17.2. The average Bonchev–Trinajstić information content (AvgIpc) is 4.35. The largest absolute Gasteiger partial charge is 0.476 e. The first-order chi connectivity index (χ1) is 38.6. The lowest BCUT2D eigenvalue weighted by molar-refractivity contribution is 0.0519. The zero-order valence-electron chi connectivity index (χ0n) is 44.2. The van der Waals surface area contributed by atoms with Crippen molar-refractivity contribution in [1.82, 2.24) is 34.8 Å². The van der Waals surface area contributed by atoms with E-state index in [-0.39, 0.29) is 40.9 Å². The number of nitrogens with one attached hydrogen (secondary N) is 1. The lowest BCUT2D eigenvalue weighted by Gasteiger charge is -2.20. The summed E-state index contributed by atoms with van der Waals surface area (Å²) in [5.74, 6) is -4.70. The molecule has 0 saturated heterocycles. The number of thiazole rings is 2. The van der Waals surface area contributed by atoms with E-state index >= 15 is 0 Å². The number of carboxylic acids is 1. The quantitative estimate of drug-likeness (QED) is 0.0460. The number of amides is 1. The van der Waals surface area contributed by atoms with Crippen molar-refractivity contribution in [3.8, 4) is 32.8 Å². The number of hydrogen-bond acceptors (Lipinski definition) is 14. The molecule has 4 heterocycles. The Bertz CT molecular complexity index is 4060. The van der Waals surface area contributed by atoms with Crippen LogP contribution in [0, 0.1) is 35.1 Å². The van der Waals surface area contributed by atoms with Gasteiger partial charge in [0.15, 0.2) is 11.4 Å². The van der Waals surface area contributed by atoms with Crippen LogP contribution in [0.3, 0.4) is 0 Å². The van der Waals surface area contributed by atoms with Crippen molar-refractivity contribution >= 4 is 76.5 Å². The Morgan fingerprint density at radius 3 is 1.57 bits per heavy atom. The zero-order chi connectivity index (χ0) is 59.2. The van der Waals surface area contributed by atoms with Crippen LogP contribution in [0.5, 0.6) is 0 Å². The normalized spacial score (nSPS) is 13.6. The molecule has 4 aromatic heterocycles. The number of halogens is 5. The van der Waals surface area contributed by atoms with Gasteiger partial charge in [0.2, 0.25) is 30.3 Å². The highest BCUT2D eigenvalue weighted by atomic mass is 79.9. The summed E-state index contributed by atoms with van der Waals surface area (Å²) in [6.07, 6.45) is 5.57. The number of nitrogens with zero attached hydrogens (tertiary/aromatic N) is 6. The molecule has 0 aliphatic heterocycles. The summed E-state index contributed by atoms with van der Waals surface area (Å²) in [6, 6.07) is 16.0. The molecule has 10 rings (SSSR count). The molecule has 430 valence electrons. The second-order valence-corrected chi connectivity index (χ2v) is 26.3. The highest BCUT2D eigenvalue weighted by Crippen LogP contribution is 2.41. The minimum atomic E-state index is -4.28. The first-order valence-electron chi connectivity index (χ1n) is 25.4. The third-order valence-corrected chi connectivity index (χ3v) is 17.2. The SMILES string of the molecule is CC(C)(C)NC(=O)c1cc(-c2nn(-c3nc(C(=O)O)cs3)c(CC3CC3)c2Cc2ccc(S(N)(=O)=O)c(F)c2)ccc1F.CCOC(=O)c1csc(-n2nc(-c3ccc(F)c(Br)c3)c(Cc3ccc(S(N)(=O)=O)c(F)c3)c2CC2CC2)n1. The molecule has 0 bridgehead atoms. The van der Waals surface area contributed by atoms with Crippen molar-refractivity contribution in [3.05, 3.63) is 162 Å². The van der Waals surface area contributed by atoms with E-state index in [2.05, 4.69) is 31.2 Å². The molecule has 2 aliphatic rings. The highest BCUT2D eigenvalue weighted by Gasteiger charge is 2.33. The number of nitrogens with two attached hydrogens (primary N) is 2. The van der Waals surface area contributed by atoms with Crippen LogP contribution in [0.2, 0.25) is 0 Å². The fourth-order valence-electron chi connectivity index (χ4n) is 8.93. The van der Waals surface area contributed by atoms with E-state index in [1.807, 2.05) is 0 Å². The number of aromatic carboxylic acids is 1. The Morgan fingerprint density at radius 1 is 0.695 bits per heavy atom.